The first-order valence-electron chi connectivity index (χ1n) is 5.40. The second kappa shape index (κ2) is 4.77. The lowest BCUT2D eigenvalue weighted by atomic mass is 10.1. The molecule has 0 N–H and O–H groups in total. The fourth-order valence-corrected chi connectivity index (χ4v) is 3.10. The molecule has 0 unspecified atom stereocenters. The van der Waals surface area contributed by atoms with Gasteiger partial charge in [-0.1, -0.05) is 11.6 Å². The van der Waals surface area contributed by atoms with Crippen LogP contribution in [0.2, 0.25) is 5.15 Å². The van der Waals surface area contributed by atoms with Crippen molar-refractivity contribution in [3.8, 4) is 10.4 Å². The number of halogens is 2. The maximum Gasteiger partial charge on any atom is 0.280 e. The van der Waals surface area contributed by atoms with E-state index >= 15 is 0 Å². The van der Waals surface area contributed by atoms with Gasteiger partial charge < -0.3 is 0 Å². The molecule has 0 amide bonds. The lowest BCUT2D eigenvalue weighted by Crippen LogP contribution is -1.91. The number of hydrogen-bond donors (Lipinski definition) is 0. The maximum absolute atomic E-state index is 13.1. The summed E-state index contributed by atoms with van der Waals surface area (Å²) in [5.41, 5.74) is 0.639. The minimum absolute atomic E-state index is 0.288. The Hall–Kier alpha value is -2.12. The topological polar surface area (TPSA) is 68.9 Å². The highest BCUT2D eigenvalue weighted by molar-refractivity contribution is 7.22. The Kier molecular flexibility index (Phi) is 3.07. The normalized spacial score (nSPS) is 10.9. The number of hydrogen-bond acceptors (Lipinski definition) is 5. The zero-order valence-corrected chi connectivity index (χ0v) is 11.3. The number of rotatable bonds is 2. The third-order valence-electron chi connectivity index (χ3n) is 2.69. The van der Waals surface area contributed by atoms with Crippen molar-refractivity contribution in [3.63, 3.8) is 0 Å². The fourth-order valence-electron chi connectivity index (χ4n) is 1.82. The van der Waals surface area contributed by atoms with Gasteiger partial charge in [0.2, 0.25) is 0 Å². The van der Waals surface area contributed by atoms with E-state index in [4.69, 9.17) is 11.6 Å². The SMILES string of the molecule is O=[N+]([O-])c1cc(F)ccc1-c1cc2ncnc(Cl)c2s1. The van der Waals surface area contributed by atoms with E-state index in [1.165, 1.54) is 29.8 Å². The molecule has 0 aliphatic carbocycles. The predicted molar refractivity (Wildman–Crippen MR) is 74.5 cm³/mol. The Bertz CT molecular complexity index is 837. The molecule has 2 aromatic heterocycles. The van der Waals surface area contributed by atoms with Gasteiger partial charge in [0, 0.05) is 4.88 Å². The molecule has 0 fully saturated rings. The van der Waals surface area contributed by atoms with Crippen LogP contribution in [-0.2, 0) is 0 Å². The average Bonchev–Trinajstić information content (AvgIpc) is 2.84. The molecule has 0 aliphatic rings. The van der Waals surface area contributed by atoms with E-state index in [1.54, 1.807) is 6.07 Å². The smallest absolute Gasteiger partial charge is 0.258 e. The van der Waals surface area contributed by atoms with Crippen molar-refractivity contribution >= 4 is 38.8 Å². The molecule has 0 bridgehead atoms. The molecule has 3 aromatic rings. The molecular formula is C12H5ClFN3O2S. The molecule has 0 spiro atoms. The van der Waals surface area contributed by atoms with Crippen molar-refractivity contribution in [2.45, 2.75) is 0 Å². The molecule has 0 saturated carbocycles. The summed E-state index contributed by atoms with van der Waals surface area (Å²) in [4.78, 5) is 18.9. The van der Waals surface area contributed by atoms with Crippen molar-refractivity contribution in [1.82, 2.24) is 9.97 Å². The van der Waals surface area contributed by atoms with E-state index in [0.717, 1.165) is 6.07 Å². The molecule has 0 saturated heterocycles. The van der Waals surface area contributed by atoms with Gasteiger partial charge in [0.1, 0.15) is 17.3 Å². The van der Waals surface area contributed by atoms with E-state index in [-0.39, 0.29) is 10.8 Å². The van der Waals surface area contributed by atoms with Crippen LogP contribution < -0.4 is 0 Å². The van der Waals surface area contributed by atoms with Gasteiger partial charge in [0.05, 0.1) is 26.8 Å². The standard InChI is InChI=1S/C12H5ClFN3O2S/c13-12-11-8(15-5-16-12)4-10(20-11)7-2-1-6(14)3-9(7)17(18)19/h1-5H. The van der Waals surface area contributed by atoms with Crippen molar-refractivity contribution in [2.75, 3.05) is 0 Å². The van der Waals surface area contributed by atoms with E-state index in [9.17, 15) is 14.5 Å². The minimum Gasteiger partial charge on any atom is -0.258 e. The average molecular weight is 310 g/mol. The molecule has 20 heavy (non-hydrogen) atoms. The van der Waals surface area contributed by atoms with Crippen LogP contribution in [0.4, 0.5) is 10.1 Å². The first-order chi connectivity index (χ1) is 9.56. The van der Waals surface area contributed by atoms with Crippen LogP contribution in [0.15, 0.2) is 30.6 Å². The summed E-state index contributed by atoms with van der Waals surface area (Å²) in [6, 6.07) is 5.13. The van der Waals surface area contributed by atoms with Crippen molar-refractivity contribution < 1.29 is 9.31 Å². The second-order valence-corrected chi connectivity index (χ2v) is 5.32. The van der Waals surface area contributed by atoms with Gasteiger partial charge >= 0.3 is 0 Å². The first-order valence-corrected chi connectivity index (χ1v) is 6.60. The van der Waals surface area contributed by atoms with Gasteiger partial charge in [-0.05, 0) is 18.2 Å². The summed E-state index contributed by atoms with van der Waals surface area (Å²) in [6.45, 7) is 0. The van der Waals surface area contributed by atoms with Crippen molar-refractivity contribution in [1.29, 1.82) is 0 Å². The summed E-state index contributed by atoms with van der Waals surface area (Å²) in [6.07, 6.45) is 1.32. The van der Waals surface area contributed by atoms with Gasteiger partial charge in [0.25, 0.3) is 5.69 Å². The third-order valence-corrected chi connectivity index (χ3v) is 4.25. The highest BCUT2D eigenvalue weighted by Gasteiger charge is 2.19. The zero-order valence-electron chi connectivity index (χ0n) is 9.71. The van der Waals surface area contributed by atoms with Crippen LogP contribution in [0, 0.1) is 15.9 Å². The molecule has 2 heterocycles. The Morgan fingerprint density at radius 1 is 1.30 bits per heavy atom. The van der Waals surface area contributed by atoms with Crippen LogP contribution in [0.3, 0.4) is 0 Å². The monoisotopic (exact) mass is 309 g/mol. The van der Waals surface area contributed by atoms with Crippen LogP contribution in [0.25, 0.3) is 20.7 Å². The molecule has 0 radical (unpaired) electrons. The lowest BCUT2D eigenvalue weighted by molar-refractivity contribution is -0.384. The highest BCUT2D eigenvalue weighted by Crippen LogP contribution is 2.39. The van der Waals surface area contributed by atoms with Crippen molar-refractivity contribution in [2.24, 2.45) is 0 Å². The van der Waals surface area contributed by atoms with Gasteiger partial charge in [0.15, 0.2) is 0 Å². The van der Waals surface area contributed by atoms with Crippen LogP contribution in [-0.4, -0.2) is 14.9 Å². The molecule has 3 rings (SSSR count). The number of nitro groups is 1. The lowest BCUT2D eigenvalue weighted by Gasteiger charge is -1.99. The summed E-state index contributed by atoms with van der Waals surface area (Å²) in [7, 11) is 0. The quantitative estimate of drug-likeness (QED) is 0.406. The zero-order chi connectivity index (χ0) is 14.3. The van der Waals surface area contributed by atoms with E-state index in [2.05, 4.69) is 9.97 Å². The summed E-state index contributed by atoms with van der Waals surface area (Å²) in [5, 5.41) is 11.3. The highest BCUT2D eigenvalue weighted by atomic mass is 35.5. The maximum atomic E-state index is 13.1. The van der Waals surface area contributed by atoms with Crippen LogP contribution in [0.5, 0.6) is 0 Å². The summed E-state index contributed by atoms with van der Waals surface area (Å²) >= 11 is 7.18. The minimum atomic E-state index is -0.653. The van der Waals surface area contributed by atoms with Crippen molar-refractivity contribution in [3.05, 3.63) is 51.7 Å². The summed E-state index contributed by atoms with van der Waals surface area (Å²) < 4.78 is 13.8. The molecule has 8 heteroatoms. The second-order valence-electron chi connectivity index (χ2n) is 3.91. The Balaban J connectivity index is 2.25. The van der Waals surface area contributed by atoms with Crippen LogP contribution in [0.1, 0.15) is 0 Å². The van der Waals surface area contributed by atoms with Gasteiger partial charge in [-0.25, -0.2) is 14.4 Å². The molecule has 100 valence electrons. The molecule has 0 atom stereocenters. The number of fused-ring (bicyclic) bond motifs is 1. The van der Waals surface area contributed by atoms with E-state index in [0.29, 0.717) is 20.7 Å². The first kappa shape index (κ1) is 12.9. The largest absolute Gasteiger partial charge is 0.280 e. The Morgan fingerprint density at radius 2 is 2.10 bits per heavy atom. The predicted octanol–water partition coefficient (Wildman–Crippen LogP) is 4.06. The fraction of sp³-hybridized carbons (Fsp3) is 0. The van der Waals surface area contributed by atoms with Gasteiger partial charge in [-0.3, -0.25) is 10.1 Å². The molecular weight excluding hydrogens is 305 g/mol. The summed E-state index contributed by atoms with van der Waals surface area (Å²) in [5.74, 6) is -0.653. The van der Waals surface area contributed by atoms with E-state index in [1.807, 2.05) is 0 Å². The number of nitro benzene ring substituents is 1. The molecule has 1 aromatic carbocycles. The number of aromatic nitrogens is 2. The number of nitrogens with zero attached hydrogens (tertiary/aromatic N) is 3. The van der Waals surface area contributed by atoms with Crippen LogP contribution >= 0.6 is 22.9 Å². The van der Waals surface area contributed by atoms with E-state index < -0.39 is 10.7 Å². The third kappa shape index (κ3) is 2.10. The van der Waals surface area contributed by atoms with Gasteiger partial charge in [-0.15, -0.1) is 11.3 Å². The number of thiophene rings is 1. The Labute approximate surface area is 120 Å². The molecule has 0 aliphatic heterocycles. The molecule has 5 nitrogen and oxygen atoms in total. The Morgan fingerprint density at radius 3 is 2.80 bits per heavy atom. The van der Waals surface area contributed by atoms with Gasteiger partial charge in [-0.2, -0.15) is 0 Å². The number of benzene rings is 1.